The van der Waals surface area contributed by atoms with E-state index in [9.17, 15) is 14.4 Å². The van der Waals surface area contributed by atoms with E-state index in [0.717, 1.165) is 10.7 Å². The third kappa shape index (κ3) is 6.07. The summed E-state index contributed by atoms with van der Waals surface area (Å²) >= 11 is 1.40. The minimum Gasteiger partial charge on any atom is -0.454 e. The van der Waals surface area contributed by atoms with E-state index in [1.165, 1.54) is 18.3 Å². The Morgan fingerprint density at radius 3 is 2.44 bits per heavy atom. The van der Waals surface area contributed by atoms with Gasteiger partial charge in [0, 0.05) is 28.2 Å². The minimum absolute atomic E-state index is 0.0290. The van der Waals surface area contributed by atoms with Crippen LogP contribution in [0.1, 0.15) is 43.7 Å². The molecule has 0 aliphatic carbocycles. The van der Waals surface area contributed by atoms with Crippen LogP contribution in [-0.4, -0.2) is 33.7 Å². The fraction of sp³-hybridized carbons (Fsp3) is 0.292. The van der Waals surface area contributed by atoms with E-state index < -0.39 is 17.5 Å². The monoisotopic (exact) mass is 451 g/mol. The second-order valence-electron chi connectivity index (χ2n) is 8.31. The summed E-state index contributed by atoms with van der Waals surface area (Å²) in [7, 11) is 0. The zero-order valence-electron chi connectivity index (χ0n) is 18.4. The molecule has 0 fully saturated rings. The molecular formula is C24H25N3O4S. The van der Waals surface area contributed by atoms with Crippen molar-refractivity contribution in [3.05, 3.63) is 65.3 Å². The fourth-order valence-corrected chi connectivity index (χ4v) is 3.50. The van der Waals surface area contributed by atoms with Crippen LogP contribution >= 0.6 is 11.3 Å². The van der Waals surface area contributed by atoms with Gasteiger partial charge in [-0.25, -0.2) is 4.98 Å². The van der Waals surface area contributed by atoms with E-state index in [4.69, 9.17) is 4.74 Å². The Bertz CT molecular complexity index is 1100. The normalized spacial score (nSPS) is 12.1. The summed E-state index contributed by atoms with van der Waals surface area (Å²) in [6, 6.07) is 12.1. The molecule has 7 nitrogen and oxygen atoms in total. The molecule has 2 aromatic heterocycles. The Balaban J connectivity index is 1.55. The average Bonchev–Trinajstić information content (AvgIpc) is 3.22. The van der Waals surface area contributed by atoms with Crippen molar-refractivity contribution in [2.24, 2.45) is 5.41 Å². The van der Waals surface area contributed by atoms with E-state index in [0.29, 0.717) is 16.9 Å². The van der Waals surface area contributed by atoms with Crippen molar-refractivity contribution >= 4 is 34.7 Å². The van der Waals surface area contributed by atoms with Crippen molar-refractivity contribution in [3.63, 3.8) is 0 Å². The first-order valence-corrected chi connectivity index (χ1v) is 11.0. The average molecular weight is 452 g/mol. The summed E-state index contributed by atoms with van der Waals surface area (Å²) < 4.78 is 5.32. The standard InChI is InChI=1S/C24H25N3O4S/c1-15(21(29)16-8-10-17(11-9-16)27-23(30)24(2,3)4)31-20(28)13-18-14-32-22(26-18)19-7-5-6-12-25-19/h5-12,14-15H,13H2,1-4H3,(H,27,30). The number of rotatable bonds is 7. The van der Waals surface area contributed by atoms with Gasteiger partial charge in [0.05, 0.1) is 17.8 Å². The summed E-state index contributed by atoms with van der Waals surface area (Å²) in [4.78, 5) is 45.7. The van der Waals surface area contributed by atoms with Crippen molar-refractivity contribution in [2.45, 2.75) is 40.2 Å². The predicted molar refractivity (Wildman–Crippen MR) is 123 cm³/mol. The molecule has 1 N–H and O–H groups in total. The first-order chi connectivity index (χ1) is 15.1. The number of carbonyl (C=O) groups is 3. The molecule has 1 unspecified atom stereocenters. The maximum Gasteiger partial charge on any atom is 0.312 e. The van der Waals surface area contributed by atoms with Gasteiger partial charge < -0.3 is 10.1 Å². The number of carbonyl (C=O) groups excluding carboxylic acids is 3. The van der Waals surface area contributed by atoms with Crippen LogP contribution in [0.2, 0.25) is 0 Å². The molecule has 1 aromatic carbocycles. The van der Waals surface area contributed by atoms with Crippen molar-refractivity contribution in [2.75, 3.05) is 5.32 Å². The van der Waals surface area contributed by atoms with Gasteiger partial charge in [-0.05, 0) is 43.3 Å². The number of hydrogen-bond donors (Lipinski definition) is 1. The molecule has 0 saturated carbocycles. The molecule has 1 amide bonds. The van der Waals surface area contributed by atoms with Gasteiger partial charge in [-0.3, -0.25) is 19.4 Å². The van der Waals surface area contributed by atoms with Gasteiger partial charge in [0.15, 0.2) is 6.10 Å². The number of anilines is 1. The molecule has 8 heteroatoms. The van der Waals surface area contributed by atoms with Gasteiger partial charge in [-0.15, -0.1) is 11.3 Å². The van der Waals surface area contributed by atoms with E-state index in [1.54, 1.807) is 35.8 Å². The van der Waals surface area contributed by atoms with Crippen LogP contribution in [0.5, 0.6) is 0 Å². The Kier molecular flexibility index (Phi) is 7.15. The Labute approximate surface area is 190 Å². The van der Waals surface area contributed by atoms with Crippen molar-refractivity contribution in [1.82, 2.24) is 9.97 Å². The third-order valence-corrected chi connectivity index (χ3v) is 5.46. The molecular weight excluding hydrogens is 426 g/mol. The highest BCUT2D eigenvalue weighted by atomic mass is 32.1. The quantitative estimate of drug-likeness (QED) is 0.418. The van der Waals surface area contributed by atoms with Crippen LogP contribution in [0.15, 0.2) is 54.0 Å². The molecule has 2 heterocycles. The van der Waals surface area contributed by atoms with Crippen LogP contribution in [-0.2, 0) is 20.7 Å². The first-order valence-electron chi connectivity index (χ1n) is 10.1. The SMILES string of the molecule is CC(OC(=O)Cc1csc(-c2ccccn2)n1)C(=O)c1ccc(NC(=O)C(C)(C)C)cc1. The smallest absolute Gasteiger partial charge is 0.312 e. The number of ether oxygens (including phenoxy) is 1. The molecule has 0 aliphatic rings. The molecule has 0 bridgehead atoms. The highest BCUT2D eigenvalue weighted by molar-refractivity contribution is 7.13. The number of Topliss-reactive ketones (excluding diaryl/α,β-unsaturated/α-hetero) is 1. The third-order valence-electron chi connectivity index (χ3n) is 4.55. The molecule has 0 radical (unpaired) electrons. The number of thiazole rings is 1. The topological polar surface area (TPSA) is 98.2 Å². The van der Waals surface area contributed by atoms with Crippen LogP contribution in [0.4, 0.5) is 5.69 Å². The van der Waals surface area contributed by atoms with Gasteiger partial charge in [0.2, 0.25) is 11.7 Å². The van der Waals surface area contributed by atoms with Crippen LogP contribution in [0.25, 0.3) is 10.7 Å². The van der Waals surface area contributed by atoms with Crippen molar-refractivity contribution < 1.29 is 19.1 Å². The second kappa shape index (κ2) is 9.82. The fourth-order valence-electron chi connectivity index (χ4n) is 2.71. The number of aromatic nitrogens is 2. The molecule has 0 spiro atoms. The van der Waals surface area contributed by atoms with Gasteiger partial charge in [-0.1, -0.05) is 26.8 Å². The van der Waals surface area contributed by atoms with Gasteiger partial charge >= 0.3 is 5.97 Å². The van der Waals surface area contributed by atoms with E-state index >= 15 is 0 Å². The lowest BCUT2D eigenvalue weighted by Crippen LogP contribution is -2.27. The summed E-state index contributed by atoms with van der Waals surface area (Å²) in [6.07, 6.45) is 0.716. The maximum absolute atomic E-state index is 12.6. The second-order valence-corrected chi connectivity index (χ2v) is 9.17. The van der Waals surface area contributed by atoms with Crippen molar-refractivity contribution in [1.29, 1.82) is 0 Å². The Morgan fingerprint density at radius 1 is 1.09 bits per heavy atom. The number of nitrogens with one attached hydrogen (secondary N) is 1. The Morgan fingerprint density at radius 2 is 1.81 bits per heavy atom. The van der Waals surface area contributed by atoms with Gasteiger partial charge in [-0.2, -0.15) is 0 Å². The molecule has 3 aromatic rings. The summed E-state index contributed by atoms with van der Waals surface area (Å²) in [5, 5.41) is 5.30. The molecule has 166 valence electrons. The molecule has 0 aliphatic heterocycles. The van der Waals surface area contributed by atoms with Gasteiger partial charge in [0.1, 0.15) is 5.01 Å². The van der Waals surface area contributed by atoms with E-state index in [1.807, 2.05) is 39.0 Å². The lowest BCUT2D eigenvalue weighted by Gasteiger charge is -2.18. The Hall–Kier alpha value is -3.39. The lowest BCUT2D eigenvalue weighted by atomic mass is 9.95. The summed E-state index contributed by atoms with van der Waals surface area (Å²) in [5.74, 6) is -0.968. The first kappa shape index (κ1) is 23.3. The highest BCUT2D eigenvalue weighted by Crippen LogP contribution is 2.22. The van der Waals surface area contributed by atoms with E-state index in [-0.39, 0.29) is 18.1 Å². The number of benzene rings is 1. The molecule has 32 heavy (non-hydrogen) atoms. The van der Waals surface area contributed by atoms with Crippen LogP contribution < -0.4 is 5.32 Å². The van der Waals surface area contributed by atoms with Crippen molar-refractivity contribution in [3.8, 4) is 10.7 Å². The molecule has 3 rings (SSSR count). The highest BCUT2D eigenvalue weighted by Gasteiger charge is 2.23. The number of nitrogens with zero attached hydrogens (tertiary/aromatic N) is 2. The maximum atomic E-state index is 12.6. The number of esters is 1. The number of amides is 1. The number of pyridine rings is 1. The lowest BCUT2D eigenvalue weighted by molar-refractivity contribution is -0.145. The van der Waals surface area contributed by atoms with Crippen LogP contribution in [0, 0.1) is 5.41 Å². The van der Waals surface area contributed by atoms with Gasteiger partial charge in [0.25, 0.3) is 0 Å². The minimum atomic E-state index is -0.939. The largest absolute Gasteiger partial charge is 0.454 e. The summed E-state index contributed by atoms with van der Waals surface area (Å²) in [6.45, 7) is 7.00. The predicted octanol–water partition coefficient (Wildman–Crippen LogP) is 4.55. The summed E-state index contributed by atoms with van der Waals surface area (Å²) in [5.41, 5.74) is 1.78. The number of ketones is 1. The molecule has 0 saturated heterocycles. The molecule has 1 atom stereocenters. The van der Waals surface area contributed by atoms with E-state index in [2.05, 4.69) is 15.3 Å². The zero-order valence-corrected chi connectivity index (χ0v) is 19.2. The zero-order chi connectivity index (χ0) is 23.3. The number of hydrogen-bond acceptors (Lipinski definition) is 7. The van der Waals surface area contributed by atoms with Crippen LogP contribution in [0.3, 0.4) is 0 Å².